The third-order valence-electron chi connectivity index (χ3n) is 4.66. The number of sulfonamides is 1. The average Bonchev–Trinajstić information content (AvgIpc) is 3.01. The van der Waals surface area contributed by atoms with E-state index in [1.165, 1.54) is 18.3 Å². The van der Waals surface area contributed by atoms with Crippen molar-refractivity contribution in [2.45, 2.75) is 44.8 Å². The molecule has 0 spiro atoms. The molecule has 3 N–H and O–H groups in total. The van der Waals surface area contributed by atoms with Gasteiger partial charge in [0.25, 0.3) is 0 Å². The molecule has 2 atom stereocenters. The van der Waals surface area contributed by atoms with Crippen LogP contribution < -0.4 is 10.5 Å². The largest absolute Gasteiger partial charge is 0.302 e. The summed E-state index contributed by atoms with van der Waals surface area (Å²) in [6, 6.07) is 8.55. The van der Waals surface area contributed by atoms with E-state index in [4.69, 9.17) is 5.14 Å². The second-order valence-corrected chi connectivity index (χ2v) is 10.3. The molecule has 142 valence electrons. The van der Waals surface area contributed by atoms with Crippen molar-refractivity contribution in [2.75, 3.05) is 5.32 Å². The van der Waals surface area contributed by atoms with Gasteiger partial charge in [-0.1, -0.05) is 58.0 Å². The first-order valence-electron chi connectivity index (χ1n) is 8.22. The van der Waals surface area contributed by atoms with E-state index in [1.54, 1.807) is 37.3 Å². The van der Waals surface area contributed by atoms with Gasteiger partial charge < -0.3 is 5.32 Å². The lowest BCUT2D eigenvalue weighted by Crippen LogP contribution is -2.47. The number of nitrogens with one attached hydrogen (secondary N) is 1. The molecule has 0 saturated carbocycles. The smallest absolute Gasteiger partial charge is 0.230 e. The number of rotatable bonds is 5. The first kappa shape index (κ1) is 20.5. The predicted octanol–water partition coefficient (Wildman–Crippen LogP) is 3.22. The molecule has 26 heavy (non-hydrogen) atoms. The zero-order valence-electron chi connectivity index (χ0n) is 15.6. The minimum absolute atomic E-state index is 0.135. The van der Waals surface area contributed by atoms with Crippen LogP contribution in [-0.2, 0) is 25.0 Å². The number of aromatic nitrogens is 1. The summed E-state index contributed by atoms with van der Waals surface area (Å²) in [6.07, 6.45) is 0. The Labute approximate surface area is 158 Å². The van der Waals surface area contributed by atoms with Crippen LogP contribution in [0.2, 0.25) is 0 Å². The fourth-order valence-electron chi connectivity index (χ4n) is 2.57. The molecule has 0 aliphatic heterocycles. The van der Waals surface area contributed by atoms with Crippen molar-refractivity contribution in [1.82, 2.24) is 4.98 Å². The Kier molecular flexibility index (Phi) is 5.60. The minimum atomic E-state index is -4.05. The number of hydrogen-bond acceptors (Lipinski definition) is 5. The molecule has 0 radical (unpaired) electrons. The average molecular weight is 396 g/mol. The van der Waals surface area contributed by atoms with Crippen molar-refractivity contribution in [2.24, 2.45) is 11.1 Å². The van der Waals surface area contributed by atoms with Crippen molar-refractivity contribution in [3.05, 3.63) is 47.0 Å². The molecule has 0 saturated heterocycles. The van der Waals surface area contributed by atoms with Gasteiger partial charge in [0.2, 0.25) is 15.9 Å². The number of carbonyl (C=O) groups excluding carboxylic acids is 1. The molecule has 6 nitrogen and oxygen atoms in total. The van der Waals surface area contributed by atoms with E-state index in [2.05, 4.69) is 10.3 Å². The van der Waals surface area contributed by atoms with Crippen molar-refractivity contribution in [1.29, 1.82) is 0 Å². The fourth-order valence-corrected chi connectivity index (χ4v) is 4.57. The van der Waals surface area contributed by atoms with Crippen LogP contribution in [0.5, 0.6) is 0 Å². The number of amides is 1. The van der Waals surface area contributed by atoms with Gasteiger partial charge in [-0.05, 0) is 12.5 Å². The quantitative estimate of drug-likeness (QED) is 0.811. The van der Waals surface area contributed by atoms with Crippen molar-refractivity contribution in [3.8, 4) is 0 Å². The Morgan fingerprint density at radius 2 is 1.77 bits per heavy atom. The van der Waals surface area contributed by atoms with Gasteiger partial charge in [0.05, 0.1) is 11.6 Å². The van der Waals surface area contributed by atoms with Crippen LogP contribution in [0.15, 0.2) is 35.7 Å². The molecule has 2 unspecified atom stereocenters. The molecule has 1 aromatic heterocycles. The summed E-state index contributed by atoms with van der Waals surface area (Å²) in [7, 11) is -4.05. The molecule has 0 aliphatic rings. The van der Waals surface area contributed by atoms with E-state index in [1.807, 2.05) is 26.2 Å². The molecule has 0 fully saturated rings. The second-order valence-electron chi connectivity index (χ2n) is 7.52. The second kappa shape index (κ2) is 7.09. The van der Waals surface area contributed by atoms with E-state index in [0.717, 1.165) is 5.69 Å². The van der Waals surface area contributed by atoms with E-state index >= 15 is 0 Å². The Morgan fingerprint density at radius 1 is 1.19 bits per heavy atom. The van der Waals surface area contributed by atoms with Gasteiger partial charge in [-0.2, -0.15) is 0 Å². The predicted molar refractivity (Wildman–Crippen MR) is 106 cm³/mol. The summed E-state index contributed by atoms with van der Waals surface area (Å²) in [5.41, 5.74) is 1.20. The van der Waals surface area contributed by atoms with Gasteiger partial charge in [0, 0.05) is 10.8 Å². The first-order chi connectivity index (χ1) is 11.9. The highest BCUT2D eigenvalue weighted by atomic mass is 32.2. The summed E-state index contributed by atoms with van der Waals surface area (Å²) in [5.74, 6) is -1.36. The van der Waals surface area contributed by atoms with Crippen LogP contribution in [0.4, 0.5) is 5.13 Å². The monoisotopic (exact) mass is 395 g/mol. The van der Waals surface area contributed by atoms with Crippen LogP contribution in [0, 0.1) is 5.92 Å². The number of primary sulfonamides is 1. The van der Waals surface area contributed by atoms with Crippen LogP contribution in [0.25, 0.3) is 0 Å². The number of nitrogens with two attached hydrogens (primary N) is 1. The molecule has 8 heteroatoms. The third kappa shape index (κ3) is 3.97. The molecule has 1 aromatic carbocycles. The summed E-state index contributed by atoms with van der Waals surface area (Å²) in [6.45, 7) is 9.13. The summed E-state index contributed by atoms with van der Waals surface area (Å²) >= 11 is 1.31. The van der Waals surface area contributed by atoms with Crippen molar-refractivity contribution in [3.63, 3.8) is 0 Å². The Morgan fingerprint density at radius 3 is 2.23 bits per heavy atom. The van der Waals surface area contributed by atoms with Gasteiger partial charge in [0.1, 0.15) is 4.75 Å². The number of anilines is 1. The lowest BCUT2D eigenvalue weighted by atomic mass is 9.87. The summed E-state index contributed by atoms with van der Waals surface area (Å²) in [4.78, 5) is 17.2. The van der Waals surface area contributed by atoms with Gasteiger partial charge in [-0.15, -0.1) is 11.3 Å². The van der Waals surface area contributed by atoms with Gasteiger partial charge in [-0.3, -0.25) is 4.79 Å². The van der Waals surface area contributed by atoms with E-state index < -0.39 is 26.6 Å². The molecule has 1 heterocycles. The number of benzene rings is 1. The number of thiazole rings is 1. The van der Waals surface area contributed by atoms with E-state index in [-0.39, 0.29) is 5.41 Å². The normalized spacial score (nSPS) is 15.9. The summed E-state index contributed by atoms with van der Waals surface area (Å²) in [5, 5.41) is 10.6. The zero-order chi connectivity index (χ0) is 19.8. The van der Waals surface area contributed by atoms with Crippen LogP contribution >= 0.6 is 11.3 Å². The topological polar surface area (TPSA) is 102 Å². The van der Waals surface area contributed by atoms with Crippen LogP contribution in [0.1, 0.15) is 45.9 Å². The highest BCUT2D eigenvalue weighted by Crippen LogP contribution is 2.37. The summed E-state index contributed by atoms with van der Waals surface area (Å²) < 4.78 is 23.2. The lowest BCUT2D eigenvalue weighted by Gasteiger charge is -2.32. The molecule has 2 aromatic rings. The van der Waals surface area contributed by atoms with Crippen LogP contribution in [0.3, 0.4) is 0 Å². The standard InChI is InChI=1S/C18H25N3O3S2/c1-12(15(22)21-16-20-14(11-25-16)17(2,3)4)18(5,26(19,23)24)13-9-7-6-8-10-13/h6-12H,1-5H3,(H2,19,23,24)(H,20,21,22). The first-order valence-corrected chi connectivity index (χ1v) is 10.6. The number of hydrogen-bond donors (Lipinski definition) is 2. The van der Waals surface area contributed by atoms with Gasteiger partial charge >= 0.3 is 0 Å². The maximum atomic E-state index is 12.8. The fraction of sp³-hybridized carbons (Fsp3) is 0.444. The zero-order valence-corrected chi connectivity index (χ0v) is 17.2. The van der Waals surface area contributed by atoms with Crippen molar-refractivity contribution < 1.29 is 13.2 Å². The molecular weight excluding hydrogens is 370 g/mol. The minimum Gasteiger partial charge on any atom is -0.302 e. The Bertz CT molecular complexity index is 886. The highest BCUT2D eigenvalue weighted by molar-refractivity contribution is 7.90. The Hall–Kier alpha value is -1.77. The van der Waals surface area contributed by atoms with Gasteiger partial charge in [-0.25, -0.2) is 18.5 Å². The maximum absolute atomic E-state index is 12.8. The van der Waals surface area contributed by atoms with Crippen LogP contribution in [-0.4, -0.2) is 19.3 Å². The van der Waals surface area contributed by atoms with E-state index in [9.17, 15) is 13.2 Å². The number of carbonyl (C=O) groups is 1. The Balaban J connectivity index is 2.33. The van der Waals surface area contributed by atoms with Gasteiger partial charge in [0.15, 0.2) is 5.13 Å². The SMILES string of the molecule is CC(C(=O)Nc1nc(C(C)(C)C)cs1)C(C)(c1ccccc1)S(N)(=O)=O. The maximum Gasteiger partial charge on any atom is 0.230 e. The van der Waals surface area contributed by atoms with E-state index in [0.29, 0.717) is 10.7 Å². The third-order valence-corrected chi connectivity index (χ3v) is 7.19. The molecule has 0 aliphatic carbocycles. The molecule has 0 bridgehead atoms. The molecular formula is C18H25N3O3S2. The number of nitrogens with zero attached hydrogens (tertiary/aromatic N) is 1. The lowest BCUT2D eigenvalue weighted by molar-refractivity contribution is -0.120. The molecule has 2 rings (SSSR count). The molecule has 1 amide bonds. The van der Waals surface area contributed by atoms with Crippen molar-refractivity contribution >= 4 is 32.4 Å². The highest BCUT2D eigenvalue weighted by Gasteiger charge is 2.47.